The van der Waals surface area contributed by atoms with E-state index in [4.69, 9.17) is 11.6 Å². The molecule has 1 saturated heterocycles. The van der Waals surface area contributed by atoms with Crippen LogP contribution in [0.5, 0.6) is 0 Å². The molecule has 5 heteroatoms. The van der Waals surface area contributed by atoms with Crippen LogP contribution >= 0.6 is 11.6 Å². The lowest BCUT2D eigenvalue weighted by Gasteiger charge is -2.32. The summed E-state index contributed by atoms with van der Waals surface area (Å²) in [7, 11) is 0. The van der Waals surface area contributed by atoms with Crippen LogP contribution in [0.25, 0.3) is 0 Å². The third-order valence-corrected chi connectivity index (χ3v) is 4.98. The van der Waals surface area contributed by atoms with E-state index >= 15 is 0 Å². The van der Waals surface area contributed by atoms with E-state index in [1.165, 1.54) is 23.7 Å². The van der Waals surface area contributed by atoms with Crippen LogP contribution in [-0.4, -0.2) is 34.1 Å². The number of nitrogens with one attached hydrogen (secondary N) is 1. The zero-order valence-corrected chi connectivity index (χ0v) is 14.1. The molecule has 1 fully saturated rings. The number of benzene rings is 1. The van der Waals surface area contributed by atoms with Crippen molar-refractivity contribution in [3.63, 3.8) is 0 Å². The van der Waals surface area contributed by atoms with Crippen LogP contribution in [0.1, 0.15) is 40.9 Å². The first-order chi connectivity index (χ1) is 11.1. The molecule has 4 nitrogen and oxygen atoms in total. The number of carbonyl (C=O) groups is 1. The highest BCUT2D eigenvalue weighted by molar-refractivity contribution is 6.33. The maximum absolute atomic E-state index is 12.5. The molecular weight excluding hydrogens is 310 g/mol. The number of halogens is 1. The number of hydrogen-bond donors (Lipinski definition) is 1. The van der Waals surface area contributed by atoms with Gasteiger partial charge in [0.25, 0.3) is 5.91 Å². The number of aromatic amines is 1. The van der Waals surface area contributed by atoms with Crippen molar-refractivity contribution in [2.24, 2.45) is 5.92 Å². The first-order valence-corrected chi connectivity index (χ1v) is 8.55. The highest BCUT2D eigenvalue weighted by Crippen LogP contribution is 2.24. The Kier molecular flexibility index (Phi) is 5.01. The summed E-state index contributed by atoms with van der Waals surface area (Å²) in [4.78, 5) is 14.4. The molecule has 1 aliphatic rings. The molecule has 1 aromatic heterocycles. The third kappa shape index (κ3) is 3.75. The van der Waals surface area contributed by atoms with E-state index in [-0.39, 0.29) is 5.91 Å². The van der Waals surface area contributed by atoms with Crippen LogP contribution in [-0.2, 0) is 6.42 Å². The number of amides is 1. The summed E-state index contributed by atoms with van der Waals surface area (Å²) < 4.78 is 0. The quantitative estimate of drug-likeness (QED) is 0.924. The summed E-state index contributed by atoms with van der Waals surface area (Å²) >= 11 is 6.01. The van der Waals surface area contributed by atoms with Crippen molar-refractivity contribution in [2.75, 3.05) is 13.1 Å². The van der Waals surface area contributed by atoms with Crippen LogP contribution in [0, 0.1) is 12.8 Å². The Morgan fingerprint density at radius 2 is 2.26 bits per heavy atom. The molecule has 2 aromatic rings. The van der Waals surface area contributed by atoms with E-state index < -0.39 is 0 Å². The van der Waals surface area contributed by atoms with Crippen LogP contribution < -0.4 is 0 Å². The fourth-order valence-electron chi connectivity index (χ4n) is 3.31. The molecule has 0 aliphatic carbocycles. The molecule has 0 saturated carbocycles. The lowest BCUT2D eigenvalue weighted by Crippen LogP contribution is -2.40. The van der Waals surface area contributed by atoms with E-state index in [0.29, 0.717) is 16.6 Å². The minimum absolute atomic E-state index is 0.0342. The molecule has 23 heavy (non-hydrogen) atoms. The molecule has 122 valence electrons. The number of carbonyl (C=O) groups excluding carboxylic acids is 1. The number of likely N-dealkylation sites (tertiary alicyclic amines) is 1. The van der Waals surface area contributed by atoms with Gasteiger partial charge in [0.15, 0.2) is 0 Å². The van der Waals surface area contributed by atoms with Gasteiger partial charge >= 0.3 is 0 Å². The van der Waals surface area contributed by atoms with E-state index in [0.717, 1.165) is 32.4 Å². The Morgan fingerprint density at radius 1 is 1.43 bits per heavy atom. The molecule has 1 atom stereocenters. The predicted octanol–water partition coefficient (Wildman–Crippen LogP) is 3.86. The van der Waals surface area contributed by atoms with Gasteiger partial charge in [0.05, 0.1) is 11.2 Å². The molecule has 0 radical (unpaired) electrons. The summed E-state index contributed by atoms with van der Waals surface area (Å²) in [6.45, 7) is 3.77. The summed E-state index contributed by atoms with van der Waals surface area (Å²) in [6, 6.07) is 8.53. The minimum Gasteiger partial charge on any atom is -0.337 e. The van der Waals surface area contributed by atoms with Crippen molar-refractivity contribution in [2.45, 2.75) is 32.6 Å². The molecule has 2 heterocycles. The van der Waals surface area contributed by atoms with Crippen LogP contribution in [0.4, 0.5) is 0 Å². The van der Waals surface area contributed by atoms with Gasteiger partial charge in [-0.15, -0.1) is 0 Å². The minimum atomic E-state index is -0.0342. The maximum atomic E-state index is 12.5. The number of piperidine rings is 1. The van der Waals surface area contributed by atoms with Gasteiger partial charge in [-0.25, -0.2) is 0 Å². The molecule has 1 aromatic carbocycles. The van der Waals surface area contributed by atoms with E-state index in [1.54, 1.807) is 0 Å². The van der Waals surface area contributed by atoms with Crippen molar-refractivity contribution in [3.8, 4) is 0 Å². The highest BCUT2D eigenvalue weighted by atomic mass is 35.5. The topological polar surface area (TPSA) is 49.0 Å². The Hall–Kier alpha value is -1.81. The van der Waals surface area contributed by atoms with Gasteiger partial charge in [0, 0.05) is 13.1 Å². The molecule has 0 unspecified atom stereocenters. The van der Waals surface area contributed by atoms with Crippen molar-refractivity contribution in [3.05, 3.63) is 52.3 Å². The summed E-state index contributed by atoms with van der Waals surface area (Å²) in [6.07, 6.45) is 5.91. The summed E-state index contributed by atoms with van der Waals surface area (Å²) in [5.74, 6) is 0.516. The zero-order valence-electron chi connectivity index (χ0n) is 13.4. The Labute approximate surface area is 141 Å². The fourth-order valence-corrected chi connectivity index (χ4v) is 3.49. The molecule has 1 aliphatic heterocycles. The first-order valence-electron chi connectivity index (χ1n) is 8.18. The van der Waals surface area contributed by atoms with Crippen molar-refractivity contribution < 1.29 is 4.79 Å². The SMILES string of the molecule is Cc1ccccc1CC[C@H]1CCCN(C(=O)c2[nH]ncc2Cl)C1. The van der Waals surface area contributed by atoms with Gasteiger partial charge in [0.1, 0.15) is 5.69 Å². The smallest absolute Gasteiger partial charge is 0.273 e. The first kappa shape index (κ1) is 16.1. The number of H-pyrrole nitrogens is 1. The van der Waals surface area contributed by atoms with Crippen molar-refractivity contribution in [1.29, 1.82) is 0 Å². The van der Waals surface area contributed by atoms with Gasteiger partial charge in [-0.3, -0.25) is 9.89 Å². The molecule has 1 amide bonds. The second-order valence-corrected chi connectivity index (χ2v) is 6.72. The molecule has 3 rings (SSSR count). The van der Waals surface area contributed by atoms with Gasteiger partial charge in [-0.2, -0.15) is 5.10 Å². The van der Waals surface area contributed by atoms with Gasteiger partial charge < -0.3 is 4.90 Å². The van der Waals surface area contributed by atoms with E-state index in [9.17, 15) is 4.79 Å². The Bertz CT molecular complexity index is 682. The monoisotopic (exact) mass is 331 g/mol. The zero-order chi connectivity index (χ0) is 16.2. The second kappa shape index (κ2) is 7.18. The average molecular weight is 332 g/mol. The summed E-state index contributed by atoms with van der Waals surface area (Å²) in [5.41, 5.74) is 3.17. The number of rotatable bonds is 4. The molecule has 0 bridgehead atoms. The van der Waals surface area contributed by atoms with Gasteiger partial charge in [-0.1, -0.05) is 35.9 Å². The predicted molar refractivity (Wildman–Crippen MR) is 91.7 cm³/mol. The number of nitrogens with zero attached hydrogens (tertiary/aromatic N) is 2. The lowest BCUT2D eigenvalue weighted by atomic mass is 9.90. The fraction of sp³-hybridized carbons (Fsp3) is 0.444. The normalized spacial score (nSPS) is 18.2. The van der Waals surface area contributed by atoms with E-state index in [2.05, 4.69) is 41.4 Å². The van der Waals surface area contributed by atoms with Crippen molar-refractivity contribution >= 4 is 17.5 Å². The Balaban J connectivity index is 1.59. The summed E-state index contributed by atoms with van der Waals surface area (Å²) in [5, 5.41) is 6.95. The average Bonchev–Trinajstić information content (AvgIpc) is 3.00. The Morgan fingerprint density at radius 3 is 3.00 bits per heavy atom. The van der Waals surface area contributed by atoms with Gasteiger partial charge in [-0.05, 0) is 49.7 Å². The number of hydrogen-bond acceptors (Lipinski definition) is 2. The van der Waals surface area contributed by atoms with Gasteiger partial charge in [0.2, 0.25) is 0 Å². The molecular formula is C18H22ClN3O. The third-order valence-electron chi connectivity index (χ3n) is 4.70. The largest absolute Gasteiger partial charge is 0.337 e. The standard InChI is InChI=1S/C18H22ClN3O/c1-13-5-2-3-7-15(13)9-8-14-6-4-10-22(12-14)18(23)17-16(19)11-20-21-17/h2-3,5,7,11,14H,4,6,8-10,12H2,1H3,(H,20,21)/t14-/m1/s1. The number of aromatic nitrogens is 2. The highest BCUT2D eigenvalue weighted by Gasteiger charge is 2.26. The lowest BCUT2D eigenvalue weighted by molar-refractivity contribution is 0.0662. The van der Waals surface area contributed by atoms with Crippen LogP contribution in [0.15, 0.2) is 30.5 Å². The molecule has 1 N–H and O–H groups in total. The van der Waals surface area contributed by atoms with E-state index in [1.807, 2.05) is 4.90 Å². The van der Waals surface area contributed by atoms with Crippen LogP contribution in [0.2, 0.25) is 5.02 Å². The second-order valence-electron chi connectivity index (χ2n) is 6.32. The van der Waals surface area contributed by atoms with Crippen molar-refractivity contribution in [1.82, 2.24) is 15.1 Å². The number of aryl methyl sites for hydroxylation is 2. The molecule has 0 spiro atoms. The maximum Gasteiger partial charge on any atom is 0.273 e. The van der Waals surface area contributed by atoms with Crippen LogP contribution in [0.3, 0.4) is 0 Å².